The molecule has 0 unspecified atom stereocenters. The first-order valence-electron chi connectivity index (χ1n) is 6.72. The summed E-state index contributed by atoms with van der Waals surface area (Å²) in [6.07, 6.45) is 0. The van der Waals surface area contributed by atoms with Crippen LogP contribution in [0.2, 0.25) is 0 Å². The molecule has 2 rings (SSSR count). The second-order valence-corrected chi connectivity index (χ2v) is 6.32. The number of benzene rings is 1. The van der Waals surface area contributed by atoms with Crippen LogP contribution in [0.15, 0.2) is 35.3 Å². The Bertz CT molecular complexity index is 448. The van der Waals surface area contributed by atoms with E-state index in [2.05, 4.69) is 43.4 Å². The minimum atomic E-state index is 0.350. The number of aliphatic imine (C=N–C) groups is 1. The minimum Gasteiger partial charge on any atom is -0.325 e. The number of hydrogen-bond donors (Lipinski definition) is 3. The molecule has 1 aromatic carbocycles. The van der Waals surface area contributed by atoms with Crippen LogP contribution in [0.1, 0.15) is 27.7 Å². The van der Waals surface area contributed by atoms with E-state index in [4.69, 9.17) is 5.84 Å². The number of guanidine groups is 1. The van der Waals surface area contributed by atoms with Crippen LogP contribution in [-0.4, -0.2) is 12.5 Å². The van der Waals surface area contributed by atoms with Crippen molar-refractivity contribution >= 4 is 11.6 Å². The highest BCUT2D eigenvalue weighted by Crippen LogP contribution is 2.68. The molecule has 104 valence electrons. The van der Waals surface area contributed by atoms with Crippen LogP contribution in [0.4, 0.5) is 5.69 Å². The summed E-state index contributed by atoms with van der Waals surface area (Å²) in [5.74, 6) is 6.73. The van der Waals surface area contributed by atoms with Gasteiger partial charge in [-0.25, -0.2) is 5.84 Å². The number of nitrogens with two attached hydrogens (primary N) is 1. The average molecular weight is 260 g/mol. The number of hydrazine groups is 1. The molecule has 1 aromatic rings. The molecule has 0 aliphatic heterocycles. The molecule has 1 fully saturated rings. The van der Waals surface area contributed by atoms with Gasteiger partial charge in [0.25, 0.3) is 0 Å². The van der Waals surface area contributed by atoms with E-state index in [1.165, 1.54) is 0 Å². The SMILES string of the molecule is CC1(C)C(CN=C(NN)Nc2ccccc2)C1(C)C. The van der Waals surface area contributed by atoms with Crippen LogP contribution in [0.3, 0.4) is 0 Å². The molecule has 19 heavy (non-hydrogen) atoms. The van der Waals surface area contributed by atoms with Gasteiger partial charge >= 0.3 is 0 Å². The lowest BCUT2D eigenvalue weighted by molar-refractivity contribution is 0.457. The van der Waals surface area contributed by atoms with Crippen molar-refractivity contribution in [1.29, 1.82) is 0 Å². The zero-order valence-electron chi connectivity index (χ0n) is 12.2. The van der Waals surface area contributed by atoms with E-state index >= 15 is 0 Å². The molecule has 1 saturated carbocycles. The normalized spacial score (nSPS) is 21.0. The number of anilines is 1. The Morgan fingerprint density at radius 2 is 1.74 bits per heavy atom. The Morgan fingerprint density at radius 1 is 1.16 bits per heavy atom. The third-order valence-electron chi connectivity index (χ3n) is 4.92. The van der Waals surface area contributed by atoms with Crippen LogP contribution >= 0.6 is 0 Å². The van der Waals surface area contributed by atoms with Gasteiger partial charge in [-0.15, -0.1) is 0 Å². The van der Waals surface area contributed by atoms with Crippen LogP contribution in [0.25, 0.3) is 0 Å². The highest BCUT2D eigenvalue weighted by Gasteiger charge is 2.64. The molecular formula is C15H24N4. The number of rotatable bonds is 3. The summed E-state index contributed by atoms with van der Waals surface area (Å²) in [5.41, 5.74) is 4.31. The van der Waals surface area contributed by atoms with Gasteiger partial charge in [-0.3, -0.25) is 10.4 Å². The van der Waals surface area contributed by atoms with Crippen molar-refractivity contribution in [3.63, 3.8) is 0 Å². The van der Waals surface area contributed by atoms with E-state index in [1.807, 2.05) is 30.3 Å². The van der Waals surface area contributed by atoms with Crippen LogP contribution in [0, 0.1) is 16.7 Å². The maximum atomic E-state index is 5.52. The van der Waals surface area contributed by atoms with Gasteiger partial charge in [0, 0.05) is 12.2 Å². The Labute approximate surface area is 115 Å². The summed E-state index contributed by atoms with van der Waals surface area (Å²) in [4.78, 5) is 4.56. The molecule has 0 heterocycles. The quantitative estimate of drug-likeness (QED) is 0.339. The fourth-order valence-electron chi connectivity index (χ4n) is 2.75. The largest absolute Gasteiger partial charge is 0.325 e. The first kappa shape index (κ1) is 13.9. The third kappa shape index (κ3) is 2.59. The smallest absolute Gasteiger partial charge is 0.210 e. The van der Waals surface area contributed by atoms with Gasteiger partial charge in [-0.2, -0.15) is 0 Å². The first-order valence-corrected chi connectivity index (χ1v) is 6.72. The minimum absolute atomic E-state index is 0.350. The molecule has 0 radical (unpaired) electrons. The Morgan fingerprint density at radius 3 is 2.21 bits per heavy atom. The lowest BCUT2D eigenvalue weighted by Gasteiger charge is -2.09. The Balaban J connectivity index is 1.98. The van der Waals surface area contributed by atoms with Gasteiger partial charge in [0.1, 0.15) is 0 Å². The van der Waals surface area contributed by atoms with Crippen molar-refractivity contribution < 1.29 is 0 Å². The topological polar surface area (TPSA) is 62.4 Å². The van der Waals surface area contributed by atoms with E-state index in [0.717, 1.165) is 12.2 Å². The second-order valence-electron chi connectivity index (χ2n) is 6.32. The van der Waals surface area contributed by atoms with Crippen molar-refractivity contribution in [1.82, 2.24) is 5.43 Å². The van der Waals surface area contributed by atoms with Crippen molar-refractivity contribution in [2.24, 2.45) is 27.6 Å². The zero-order valence-corrected chi connectivity index (χ0v) is 12.2. The molecule has 4 N–H and O–H groups in total. The maximum absolute atomic E-state index is 5.52. The molecule has 0 aromatic heterocycles. The summed E-state index contributed by atoms with van der Waals surface area (Å²) in [7, 11) is 0. The van der Waals surface area contributed by atoms with Gasteiger partial charge < -0.3 is 5.32 Å². The Kier molecular flexibility index (Phi) is 3.54. The van der Waals surface area contributed by atoms with Crippen molar-refractivity contribution in [3.8, 4) is 0 Å². The van der Waals surface area contributed by atoms with E-state index in [0.29, 0.717) is 22.7 Å². The average Bonchev–Trinajstić information content (AvgIpc) is 2.77. The molecule has 0 bridgehead atoms. The monoisotopic (exact) mass is 260 g/mol. The van der Waals surface area contributed by atoms with Crippen molar-refractivity contribution in [2.45, 2.75) is 27.7 Å². The summed E-state index contributed by atoms with van der Waals surface area (Å²) >= 11 is 0. The molecule has 4 nitrogen and oxygen atoms in total. The fraction of sp³-hybridized carbons (Fsp3) is 0.533. The molecule has 1 aliphatic rings. The van der Waals surface area contributed by atoms with Crippen molar-refractivity contribution in [2.75, 3.05) is 11.9 Å². The lowest BCUT2D eigenvalue weighted by Crippen LogP contribution is -2.36. The second kappa shape index (κ2) is 4.85. The summed E-state index contributed by atoms with van der Waals surface area (Å²) in [5, 5.41) is 3.18. The molecule has 0 saturated heterocycles. The van der Waals surface area contributed by atoms with E-state index < -0.39 is 0 Å². The molecule has 0 amide bonds. The molecular weight excluding hydrogens is 236 g/mol. The zero-order chi connectivity index (χ0) is 14.1. The number of hydrogen-bond acceptors (Lipinski definition) is 2. The fourth-order valence-corrected chi connectivity index (χ4v) is 2.75. The highest BCUT2D eigenvalue weighted by atomic mass is 15.3. The number of para-hydroxylation sites is 1. The number of nitrogens with zero attached hydrogens (tertiary/aromatic N) is 1. The predicted octanol–water partition coefficient (Wildman–Crippen LogP) is 2.60. The van der Waals surface area contributed by atoms with Gasteiger partial charge in [-0.1, -0.05) is 45.9 Å². The van der Waals surface area contributed by atoms with Gasteiger partial charge in [-0.05, 0) is 28.9 Å². The van der Waals surface area contributed by atoms with E-state index in [-0.39, 0.29) is 0 Å². The molecule has 1 aliphatic carbocycles. The van der Waals surface area contributed by atoms with E-state index in [9.17, 15) is 0 Å². The summed E-state index contributed by atoms with van der Waals surface area (Å²) in [6, 6.07) is 9.90. The number of nitrogens with one attached hydrogen (secondary N) is 2. The van der Waals surface area contributed by atoms with Gasteiger partial charge in [0.05, 0.1) is 0 Å². The van der Waals surface area contributed by atoms with Crippen LogP contribution in [-0.2, 0) is 0 Å². The maximum Gasteiger partial charge on any atom is 0.210 e. The molecule has 0 spiro atoms. The highest BCUT2D eigenvalue weighted by molar-refractivity contribution is 5.93. The Hall–Kier alpha value is -1.55. The summed E-state index contributed by atoms with van der Waals surface area (Å²) < 4.78 is 0. The van der Waals surface area contributed by atoms with Gasteiger partial charge in [0.15, 0.2) is 0 Å². The lowest BCUT2D eigenvalue weighted by atomic mass is 10.0. The van der Waals surface area contributed by atoms with Gasteiger partial charge in [0.2, 0.25) is 5.96 Å². The third-order valence-corrected chi connectivity index (χ3v) is 4.92. The van der Waals surface area contributed by atoms with Crippen LogP contribution in [0.5, 0.6) is 0 Å². The molecule has 4 heteroatoms. The van der Waals surface area contributed by atoms with Crippen molar-refractivity contribution in [3.05, 3.63) is 30.3 Å². The first-order chi connectivity index (χ1) is 8.89. The molecule has 0 atom stereocenters. The van der Waals surface area contributed by atoms with Crippen LogP contribution < -0.4 is 16.6 Å². The summed E-state index contributed by atoms with van der Waals surface area (Å²) in [6.45, 7) is 9.99. The standard InChI is InChI=1S/C15H24N4/c1-14(2)12(15(14,3)4)10-17-13(19-16)18-11-8-6-5-7-9-11/h5-9,12H,10,16H2,1-4H3,(H2,17,18,19). The predicted molar refractivity (Wildman–Crippen MR) is 80.7 cm³/mol. The van der Waals surface area contributed by atoms with E-state index in [1.54, 1.807) is 0 Å².